The van der Waals surface area contributed by atoms with Crippen LogP contribution in [-0.4, -0.2) is 46.0 Å². The van der Waals surface area contributed by atoms with Gasteiger partial charge in [-0.15, -0.1) is 0 Å². The SMILES string of the molecule is Cc1noc(C23CC(NC(=O)Cc4ccccc4Cl)CC2CN(C(=O)C(C)C)C3)n1. The summed E-state index contributed by atoms with van der Waals surface area (Å²) >= 11 is 6.19. The molecule has 7 nitrogen and oxygen atoms in total. The van der Waals surface area contributed by atoms with Gasteiger partial charge in [0.2, 0.25) is 17.7 Å². The van der Waals surface area contributed by atoms with Crippen molar-refractivity contribution in [2.75, 3.05) is 13.1 Å². The van der Waals surface area contributed by atoms with E-state index in [1.165, 1.54) is 0 Å². The Balaban J connectivity index is 1.50. The average Bonchev–Trinajstić information content (AvgIpc) is 3.35. The molecule has 2 fully saturated rings. The fraction of sp³-hybridized carbons (Fsp3) is 0.545. The van der Waals surface area contributed by atoms with Gasteiger partial charge in [-0.05, 0) is 37.3 Å². The summed E-state index contributed by atoms with van der Waals surface area (Å²) in [5.74, 6) is 1.35. The topological polar surface area (TPSA) is 88.3 Å². The first-order valence-corrected chi connectivity index (χ1v) is 10.8. The fourth-order valence-electron chi connectivity index (χ4n) is 4.94. The smallest absolute Gasteiger partial charge is 0.235 e. The standard InChI is InChI=1S/C22H27ClN4O3/c1-13(2)20(29)27-11-16-9-17(10-22(16,12-27)21-24-14(3)26-30-21)25-19(28)8-15-6-4-5-7-18(15)23/h4-7,13,16-17H,8-12H2,1-3H3,(H,25,28). The molecule has 0 spiro atoms. The second-order valence-electron chi connectivity index (χ2n) is 8.85. The summed E-state index contributed by atoms with van der Waals surface area (Å²) in [5, 5.41) is 7.74. The predicted octanol–water partition coefficient (Wildman–Crippen LogP) is 2.90. The van der Waals surface area contributed by atoms with Gasteiger partial charge < -0.3 is 14.7 Å². The molecule has 1 saturated heterocycles. The van der Waals surface area contributed by atoms with Crippen LogP contribution in [0.1, 0.15) is 44.0 Å². The van der Waals surface area contributed by atoms with E-state index in [1.807, 2.05) is 36.9 Å². The quantitative estimate of drug-likeness (QED) is 0.787. The van der Waals surface area contributed by atoms with Crippen molar-refractivity contribution in [3.63, 3.8) is 0 Å². The van der Waals surface area contributed by atoms with Crippen LogP contribution < -0.4 is 5.32 Å². The Hall–Kier alpha value is -2.41. The number of carbonyl (C=O) groups excluding carboxylic acids is 2. The highest BCUT2D eigenvalue weighted by Crippen LogP contribution is 2.50. The van der Waals surface area contributed by atoms with E-state index in [9.17, 15) is 9.59 Å². The molecule has 2 aliphatic rings. The third-order valence-corrected chi connectivity index (χ3v) is 6.68. The van der Waals surface area contributed by atoms with Crippen LogP contribution in [0.3, 0.4) is 0 Å². The lowest BCUT2D eigenvalue weighted by atomic mass is 9.80. The van der Waals surface area contributed by atoms with E-state index in [-0.39, 0.29) is 36.1 Å². The van der Waals surface area contributed by atoms with Crippen LogP contribution in [0.4, 0.5) is 0 Å². The molecule has 30 heavy (non-hydrogen) atoms. The number of likely N-dealkylation sites (tertiary alicyclic amines) is 1. The van der Waals surface area contributed by atoms with Crippen molar-refractivity contribution in [1.82, 2.24) is 20.4 Å². The highest BCUT2D eigenvalue weighted by molar-refractivity contribution is 6.31. The summed E-state index contributed by atoms with van der Waals surface area (Å²) < 4.78 is 5.58. The predicted molar refractivity (Wildman–Crippen MR) is 112 cm³/mol. The van der Waals surface area contributed by atoms with Crippen molar-refractivity contribution in [2.24, 2.45) is 11.8 Å². The van der Waals surface area contributed by atoms with E-state index in [0.29, 0.717) is 36.2 Å². The molecule has 4 rings (SSSR count). The van der Waals surface area contributed by atoms with Gasteiger partial charge in [-0.3, -0.25) is 9.59 Å². The van der Waals surface area contributed by atoms with Crippen molar-refractivity contribution >= 4 is 23.4 Å². The van der Waals surface area contributed by atoms with Crippen molar-refractivity contribution in [3.8, 4) is 0 Å². The monoisotopic (exact) mass is 430 g/mol. The zero-order valence-corrected chi connectivity index (χ0v) is 18.3. The average molecular weight is 431 g/mol. The Morgan fingerprint density at radius 1 is 1.37 bits per heavy atom. The van der Waals surface area contributed by atoms with E-state index in [0.717, 1.165) is 12.0 Å². The Morgan fingerprint density at radius 2 is 2.13 bits per heavy atom. The van der Waals surface area contributed by atoms with Gasteiger partial charge in [0, 0.05) is 30.1 Å². The number of aromatic nitrogens is 2. The van der Waals surface area contributed by atoms with Crippen molar-refractivity contribution in [1.29, 1.82) is 0 Å². The van der Waals surface area contributed by atoms with E-state index in [4.69, 9.17) is 16.1 Å². The van der Waals surface area contributed by atoms with Gasteiger partial charge >= 0.3 is 0 Å². The first kappa shape index (κ1) is 20.8. The summed E-state index contributed by atoms with van der Waals surface area (Å²) in [6.45, 7) is 6.82. The van der Waals surface area contributed by atoms with Crippen LogP contribution in [0.25, 0.3) is 0 Å². The second-order valence-corrected chi connectivity index (χ2v) is 9.25. The molecule has 8 heteroatoms. The van der Waals surface area contributed by atoms with Crippen LogP contribution in [0.15, 0.2) is 28.8 Å². The molecule has 3 atom stereocenters. The lowest BCUT2D eigenvalue weighted by Gasteiger charge is -2.26. The zero-order chi connectivity index (χ0) is 21.5. The molecule has 2 aromatic rings. The van der Waals surface area contributed by atoms with Gasteiger partial charge in [0.25, 0.3) is 0 Å². The molecule has 0 bridgehead atoms. The van der Waals surface area contributed by atoms with E-state index in [2.05, 4.69) is 15.5 Å². The Labute approximate surface area is 181 Å². The van der Waals surface area contributed by atoms with E-state index in [1.54, 1.807) is 13.0 Å². The number of hydrogen-bond acceptors (Lipinski definition) is 5. The van der Waals surface area contributed by atoms with E-state index < -0.39 is 5.41 Å². The van der Waals surface area contributed by atoms with Crippen LogP contribution >= 0.6 is 11.6 Å². The third kappa shape index (κ3) is 3.83. The molecule has 2 amide bonds. The molecule has 1 N–H and O–H groups in total. The first-order chi connectivity index (χ1) is 14.3. The molecule has 3 unspecified atom stereocenters. The Bertz CT molecular complexity index is 959. The van der Waals surface area contributed by atoms with Crippen LogP contribution in [0, 0.1) is 18.8 Å². The van der Waals surface area contributed by atoms with Gasteiger partial charge in [-0.1, -0.05) is 48.8 Å². The molecule has 1 saturated carbocycles. The fourth-order valence-corrected chi connectivity index (χ4v) is 5.14. The third-order valence-electron chi connectivity index (χ3n) is 6.31. The molecule has 0 radical (unpaired) electrons. The summed E-state index contributed by atoms with van der Waals surface area (Å²) in [5.41, 5.74) is 0.402. The number of benzene rings is 1. The molecule has 1 aliphatic heterocycles. The lowest BCUT2D eigenvalue weighted by Crippen LogP contribution is -2.40. The Kier molecular flexibility index (Phi) is 5.57. The first-order valence-electron chi connectivity index (χ1n) is 10.4. The minimum absolute atomic E-state index is 0.00602. The van der Waals surface area contributed by atoms with Crippen molar-refractivity contribution in [3.05, 3.63) is 46.6 Å². The number of halogens is 1. The number of amides is 2. The second kappa shape index (κ2) is 8.02. The lowest BCUT2D eigenvalue weighted by molar-refractivity contribution is -0.134. The minimum Gasteiger partial charge on any atom is -0.353 e. The van der Waals surface area contributed by atoms with Gasteiger partial charge in [-0.2, -0.15) is 4.98 Å². The van der Waals surface area contributed by atoms with Gasteiger partial charge in [0.05, 0.1) is 11.8 Å². The number of nitrogens with one attached hydrogen (secondary N) is 1. The molecule has 1 aliphatic carbocycles. The summed E-state index contributed by atoms with van der Waals surface area (Å²) in [4.78, 5) is 31.7. The van der Waals surface area contributed by atoms with Gasteiger partial charge in [0.15, 0.2) is 5.82 Å². The molecular formula is C22H27ClN4O3. The number of rotatable bonds is 5. The van der Waals surface area contributed by atoms with Crippen molar-refractivity contribution < 1.29 is 14.1 Å². The maximum Gasteiger partial charge on any atom is 0.235 e. The van der Waals surface area contributed by atoms with Gasteiger partial charge in [-0.25, -0.2) is 0 Å². The van der Waals surface area contributed by atoms with Crippen molar-refractivity contribution in [2.45, 2.75) is 51.5 Å². The molecule has 1 aromatic heterocycles. The zero-order valence-electron chi connectivity index (χ0n) is 17.5. The number of fused-ring (bicyclic) bond motifs is 1. The number of aryl methyl sites for hydroxylation is 1. The number of carbonyl (C=O) groups is 2. The van der Waals surface area contributed by atoms with Crippen LogP contribution in [0.2, 0.25) is 5.02 Å². The molecule has 2 heterocycles. The van der Waals surface area contributed by atoms with Crippen LogP contribution in [0.5, 0.6) is 0 Å². The van der Waals surface area contributed by atoms with Crippen LogP contribution in [-0.2, 0) is 21.4 Å². The normalized spacial score (nSPS) is 25.6. The largest absolute Gasteiger partial charge is 0.353 e. The van der Waals surface area contributed by atoms with Gasteiger partial charge in [0.1, 0.15) is 0 Å². The van der Waals surface area contributed by atoms with E-state index >= 15 is 0 Å². The maximum absolute atomic E-state index is 12.7. The summed E-state index contributed by atoms with van der Waals surface area (Å²) in [6, 6.07) is 7.37. The highest BCUT2D eigenvalue weighted by atomic mass is 35.5. The highest BCUT2D eigenvalue weighted by Gasteiger charge is 2.58. The summed E-state index contributed by atoms with van der Waals surface area (Å²) in [6.07, 6.45) is 1.69. The summed E-state index contributed by atoms with van der Waals surface area (Å²) in [7, 11) is 0. The number of hydrogen-bond donors (Lipinski definition) is 1. The maximum atomic E-state index is 12.7. The number of nitrogens with zero attached hydrogens (tertiary/aromatic N) is 3. The molecule has 160 valence electrons. The Morgan fingerprint density at radius 3 is 2.80 bits per heavy atom. The molecular weight excluding hydrogens is 404 g/mol. The minimum atomic E-state index is -0.409. The molecule has 1 aromatic carbocycles.